The van der Waals surface area contributed by atoms with E-state index in [1.54, 1.807) is 0 Å². The van der Waals surface area contributed by atoms with Crippen LogP contribution in [0.5, 0.6) is 0 Å². The monoisotopic (exact) mass is 222 g/mol. The zero-order valence-corrected chi connectivity index (χ0v) is 10.9. The zero-order chi connectivity index (χ0) is 12.3. The number of aromatic nitrogens is 2. The molecule has 0 amide bonds. The SMILES string of the molecule is CCC(C)N(C)c1cc(N)nc(C(C)C)n1. The third kappa shape index (κ3) is 2.84. The van der Waals surface area contributed by atoms with Crippen LogP contribution in [0.25, 0.3) is 0 Å². The van der Waals surface area contributed by atoms with E-state index >= 15 is 0 Å². The highest BCUT2D eigenvalue weighted by Gasteiger charge is 2.13. The summed E-state index contributed by atoms with van der Waals surface area (Å²) in [5.74, 6) is 2.56. The first-order valence-corrected chi connectivity index (χ1v) is 5.83. The Labute approximate surface area is 97.9 Å². The molecular weight excluding hydrogens is 200 g/mol. The van der Waals surface area contributed by atoms with Crippen molar-refractivity contribution >= 4 is 11.6 Å². The molecule has 0 aliphatic heterocycles. The van der Waals surface area contributed by atoms with Crippen molar-refractivity contribution in [1.29, 1.82) is 0 Å². The number of anilines is 2. The van der Waals surface area contributed by atoms with Gasteiger partial charge in [0.2, 0.25) is 0 Å². The molecule has 0 radical (unpaired) electrons. The van der Waals surface area contributed by atoms with Crippen LogP contribution in [0.15, 0.2) is 6.07 Å². The summed E-state index contributed by atoms with van der Waals surface area (Å²) < 4.78 is 0. The first-order chi connectivity index (χ1) is 7.45. The Morgan fingerprint density at radius 3 is 2.44 bits per heavy atom. The minimum Gasteiger partial charge on any atom is -0.384 e. The van der Waals surface area contributed by atoms with Gasteiger partial charge in [0.1, 0.15) is 17.5 Å². The Balaban J connectivity index is 3.04. The Morgan fingerprint density at radius 1 is 1.31 bits per heavy atom. The molecule has 90 valence electrons. The minimum atomic E-state index is 0.299. The van der Waals surface area contributed by atoms with Crippen molar-refractivity contribution in [2.75, 3.05) is 17.7 Å². The van der Waals surface area contributed by atoms with Crippen molar-refractivity contribution in [3.63, 3.8) is 0 Å². The normalized spacial score (nSPS) is 12.9. The average molecular weight is 222 g/mol. The zero-order valence-electron chi connectivity index (χ0n) is 10.9. The summed E-state index contributed by atoms with van der Waals surface area (Å²) in [6, 6.07) is 2.28. The molecule has 0 spiro atoms. The molecule has 2 N–H and O–H groups in total. The van der Waals surface area contributed by atoms with E-state index in [9.17, 15) is 0 Å². The van der Waals surface area contributed by atoms with E-state index < -0.39 is 0 Å². The van der Waals surface area contributed by atoms with E-state index in [2.05, 4.69) is 42.6 Å². The maximum Gasteiger partial charge on any atom is 0.135 e. The maximum atomic E-state index is 5.80. The largest absolute Gasteiger partial charge is 0.384 e. The Hall–Kier alpha value is -1.32. The number of nitrogens with zero attached hydrogens (tertiary/aromatic N) is 3. The quantitative estimate of drug-likeness (QED) is 0.850. The van der Waals surface area contributed by atoms with Crippen molar-refractivity contribution in [2.24, 2.45) is 0 Å². The summed E-state index contributed by atoms with van der Waals surface area (Å²) in [6.45, 7) is 8.48. The van der Waals surface area contributed by atoms with E-state index in [0.29, 0.717) is 17.8 Å². The van der Waals surface area contributed by atoms with Crippen LogP contribution in [-0.4, -0.2) is 23.1 Å². The number of nitrogens with two attached hydrogens (primary N) is 1. The smallest absolute Gasteiger partial charge is 0.135 e. The molecule has 1 atom stereocenters. The van der Waals surface area contributed by atoms with Gasteiger partial charge < -0.3 is 10.6 Å². The third-order valence-electron chi connectivity index (χ3n) is 2.88. The second-order valence-corrected chi connectivity index (χ2v) is 4.53. The highest BCUT2D eigenvalue weighted by molar-refractivity contribution is 5.47. The van der Waals surface area contributed by atoms with Crippen molar-refractivity contribution < 1.29 is 0 Å². The van der Waals surface area contributed by atoms with E-state index in [-0.39, 0.29) is 0 Å². The molecule has 1 aromatic heterocycles. The molecule has 0 aliphatic carbocycles. The standard InChI is InChI=1S/C12H22N4/c1-6-9(4)16(5)11-7-10(13)14-12(15-11)8(2)3/h7-9H,6H2,1-5H3,(H2,13,14,15). The predicted molar refractivity (Wildman–Crippen MR) is 68.7 cm³/mol. The molecule has 1 unspecified atom stereocenters. The van der Waals surface area contributed by atoms with Crippen LogP contribution < -0.4 is 10.6 Å². The summed E-state index contributed by atoms with van der Waals surface area (Å²) in [5, 5.41) is 0. The molecule has 0 saturated carbocycles. The van der Waals surface area contributed by atoms with E-state index in [1.807, 2.05) is 13.1 Å². The van der Waals surface area contributed by atoms with Crippen molar-refractivity contribution in [3.8, 4) is 0 Å². The summed E-state index contributed by atoms with van der Waals surface area (Å²) >= 11 is 0. The number of hydrogen-bond donors (Lipinski definition) is 1. The summed E-state index contributed by atoms with van der Waals surface area (Å²) in [4.78, 5) is 10.9. The summed E-state index contributed by atoms with van der Waals surface area (Å²) in [5.41, 5.74) is 5.80. The lowest BCUT2D eigenvalue weighted by atomic mass is 10.2. The van der Waals surface area contributed by atoms with Gasteiger partial charge >= 0.3 is 0 Å². The first-order valence-electron chi connectivity index (χ1n) is 5.83. The Kier molecular flexibility index (Phi) is 4.10. The Morgan fingerprint density at radius 2 is 1.94 bits per heavy atom. The van der Waals surface area contributed by atoms with Crippen LogP contribution in [-0.2, 0) is 0 Å². The van der Waals surface area contributed by atoms with Crippen LogP contribution in [0.2, 0.25) is 0 Å². The number of nitrogen functional groups attached to an aromatic ring is 1. The number of rotatable bonds is 4. The van der Waals surface area contributed by atoms with Crippen LogP contribution in [0.3, 0.4) is 0 Å². The molecule has 0 bridgehead atoms. The fourth-order valence-corrected chi connectivity index (χ4v) is 1.41. The molecule has 0 fully saturated rings. The maximum absolute atomic E-state index is 5.80. The topological polar surface area (TPSA) is 55.0 Å². The molecule has 4 nitrogen and oxygen atoms in total. The molecule has 1 heterocycles. The lowest BCUT2D eigenvalue weighted by molar-refractivity contribution is 0.650. The van der Waals surface area contributed by atoms with Gasteiger partial charge in [0.25, 0.3) is 0 Å². The van der Waals surface area contributed by atoms with Crippen LogP contribution in [0, 0.1) is 0 Å². The Bertz CT molecular complexity index is 349. The molecule has 4 heteroatoms. The predicted octanol–water partition coefficient (Wildman–Crippen LogP) is 2.42. The van der Waals surface area contributed by atoms with Gasteiger partial charge in [0.05, 0.1) is 0 Å². The molecule has 0 aromatic carbocycles. The number of hydrogen-bond acceptors (Lipinski definition) is 4. The first kappa shape index (κ1) is 12.7. The van der Waals surface area contributed by atoms with Gasteiger partial charge in [0.15, 0.2) is 0 Å². The highest BCUT2D eigenvalue weighted by Crippen LogP contribution is 2.19. The molecule has 1 aromatic rings. The van der Waals surface area contributed by atoms with Crippen LogP contribution >= 0.6 is 0 Å². The third-order valence-corrected chi connectivity index (χ3v) is 2.88. The second-order valence-electron chi connectivity index (χ2n) is 4.53. The van der Waals surface area contributed by atoms with Gasteiger partial charge in [-0.15, -0.1) is 0 Å². The van der Waals surface area contributed by atoms with Gasteiger partial charge in [-0.1, -0.05) is 20.8 Å². The minimum absolute atomic E-state index is 0.299. The lowest BCUT2D eigenvalue weighted by Crippen LogP contribution is -2.29. The van der Waals surface area contributed by atoms with Gasteiger partial charge in [-0.2, -0.15) is 0 Å². The van der Waals surface area contributed by atoms with Gasteiger partial charge in [-0.3, -0.25) is 0 Å². The lowest BCUT2D eigenvalue weighted by Gasteiger charge is -2.25. The molecule has 16 heavy (non-hydrogen) atoms. The van der Waals surface area contributed by atoms with Crippen LogP contribution in [0.1, 0.15) is 45.9 Å². The summed E-state index contributed by atoms with van der Waals surface area (Å²) in [6.07, 6.45) is 1.08. The van der Waals surface area contributed by atoms with Crippen molar-refractivity contribution in [2.45, 2.75) is 46.1 Å². The van der Waals surface area contributed by atoms with E-state index in [4.69, 9.17) is 5.73 Å². The fraction of sp³-hybridized carbons (Fsp3) is 0.667. The average Bonchev–Trinajstić information content (AvgIpc) is 2.26. The summed E-state index contributed by atoms with van der Waals surface area (Å²) in [7, 11) is 2.04. The molecule has 0 aliphatic rings. The van der Waals surface area contributed by atoms with Crippen LogP contribution in [0.4, 0.5) is 11.6 Å². The van der Waals surface area contributed by atoms with Gasteiger partial charge in [-0.25, -0.2) is 9.97 Å². The van der Waals surface area contributed by atoms with E-state index in [1.165, 1.54) is 0 Å². The second kappa shape index (κ2) is 5.14. The van der Waals surface area contributed by atoms with E-state index in [0.717, 1.165) is 18.1 Å². The highest BCUT2D eigenvalue weighted by atomic mass is 15.2. The van der Waals surface area contributed by atoms with Crippen molar-refractivity contribution in [1.82, 2.24) is 9.97 Å². The fourth-order valence-electron chi connectivity index (χ4n) is 1.41. The molecular formula is C12H22N4. The van der Waals surface area contributed by atoms with Gasteiger partial charge in [0, 0.05) is 25.1 Å². The molecule has 0 saturated heterocycles. The van der Waals surface area contributed by atoms with Crippen molar-refractivity contribution in [3.05, 3.63) is 11.9 Å². The van der Waals surface area contributed by atoms with Gasteiger partial charge in [-0.05, 0) is 13.3 Å². The molecule has 1 rings (SSSR count).